The fourth-order valence-corrected chi connectivity index (χ4v) is 2.60. The summed E-state index contributed by atoms with van der Waals surface area (Å²) in [5, 5.41) is 0. The van der Waals surface area contributed by atoms with Crippen LogP contribution in [0.3, 0.4) is 0 Å². The molecule has 0 radical (unpaired) electrons. The number of rotatable bonds is 3. The van der Waals surface area contributed by atoms with Gasteiger partial charge in [-0.3, -0.25) is 0 Å². The van der Waals surface area contributed by atoms with Gasteiger partial charge < -0.3 is 4.79 Å². The van der Waals surface area contributed by atoms with Crippen LogP contribution in [0, 0.1) is 0 Å². The summed E-state index contributed by atoms with van der Waals surface area (Å²) in [7, 11) is 0. The maximum atomic E-state index is 10.7. The first-order valence-corrected chi connectivity index (χ1v) is 5.51. The average Bonchev–Trinajstić information content (AvgIpc) is 2.28. The van der Waals surface area contributed by atoms with Crippen LogP contribution in [-0.2, 0) is 11.2 Å². The fourth-order valence-electron chi connectivity index (χ4n) is 0.814. The Morgan fingerprint density at radius 2 is 2.42 bits per heavy atom. The van der Waals surface area contributed by atoms with Crippen LogP contribution in [0.25, 0.3) is 0 Å². The lowest BCUT2D eigenvalue weighted by Gasteiger charge is -1.90. The van der Waals surface area contributed by atoms with Gasteiger partial charge in [-0.05, 0) is 35.3 Å². The molecule has 0 N–H and O–H groups in total. The molecule has 0 aromatic carbocycles. The summed E-state index contributed by atoms with van der Waals surface area (Å²) < 4.78 is 1.68. The third kappa shape index (κ3) is 2.88. The lowest BCUT2D eigenvalue weighted by atomic mass is 10.2. The molecule has 1 rings (SSSR count). The first kappa shape index (κ1) is 10.2. The van der Waals surface area contributed by atoms with Gasteiger partial charge in [0.15, 0.2) is 0 Å². The SMILES string of the molecule is CC(=O)CCc1cc(Br)c(Cl)s1. The molecule has 0 saturated heterocycles. The Labute approximate surface area is 88.9 Å². The summed E-state index contributed by atoms with van der Waals surface area (Å²) in [4.78, 5) is 11.8. The van der Waals surface area contributed by atoms with E-state index in [9.17, 15) is 4.79 Å². The summed E-state index contributed by atoms with van der Waals surface area (Å²) in [6.45, 7) is 1.60. The van der Waals surface area contributed by atoms with E-state index in [1.165, 1.54) is 11.3 Å². The van der Waals surface area contributed by atoms with E-state index in [4.69, 9.17) is 11.6 Å². The second-order valence-electron chi connectivity index (χ2n) is 2.54. The lowest BCUT2D eigenvalue weighted by molar-refractivity contribution is -0.116. The molecule has 0 aliphatic heterocycles. The highest BCUT2D eigenvalue weighted by atomic mass is 79.9. The molecule has 1 heterocycles. The van der Waals surface area contributed by atoms with Crippen LogP contribution in [0.15, 0.2) is 10.5 Å². The van der Waals surface area contributed by atoms with Crippen LogP contribution >= 0.6 is 38.9 Å². The zero-order valence-electron chi connectivity index (χ0n) is 6.56. The number of aryl methyl sites for hydroxylation is 1. The molecule has 0 bridgehead atoms. The predicted octanol–water partition coefficient (Wildman–Crippen LogP) is 3.69. The van der Waals surface area contributed by atoms with Gasteiger partial charge in [0.1, 0.15) is 10.1 Å². The van der Waals surface area contributed by atoms with Crippen molar-refractivity contribution < 1.29 is 4.79 Å². The molecule has 0 atom stereocenters. The van der Waals surface area contributed by atoms with Crippen molar-refractivity contribution in [2.45, 2.75) is 19.8 Å². The minimum Gasteiger partial charge on any atom is -0.300 e. The van der Waals surface area contributed by atoms with Gasteiger partial charge in [0.2, 0.25) is 0 Å². The van der Waals surface area contributed by atoms with Crippen LogP contribution in [-0.4, -0.2) is 5.78 Å². The maximum Gasteiger partial charge on any atom is 0.130 e. The van der Waals surface area contributed by atoms with Crippen molar-refractivity contribution in [2.75, 3.05) is 0 Å². The third-order valence-corrected chi connectivity index (χ3v) is 3.95. The highest BCUT2D eigenvalue weighted by Gasteiger charge is 2.04. The Bertz CT molecular complexity index is 276. The molecule has 0 amide bonds. The van der Waals surface area contributed by atoms with Crippen LogP contribution in [0.4, 0.5) is 0 Å². The standard InChI is InChI=1S/C8H8BrClOS/c1-5(11)2-3-6-4-7(9)8(10)12-6/h4H,2-3H2,1H3. The van der Waals surface area contributed by atoms with Gasteiger partial charge in [-0.2, -0.15) is 0 Å². The van der Waals surface area contributed by atoms with Crippen LogP contribution < -0.4 is 0 Å². The van der Waals surface area contributed by atoms with Crippen LogP contribution in [0.5, 0.6) is 0 Å². The van der Waals surface area contributed by atoms with Crippen molar-refractivity contribution in [2.24, 2.45) is 0 Å². The van der Waals surface area contributed by atoms with E-state index in [2.05, 4.69) is 15.9 Å². The Hall–Kier alpha value is 0.140. The van der Waals surface area contributed by atoms with E-state index in [1.54, 1.807) is 6.92 Å². The zero-order chi connectivity index (χ0) is 9.14. The first-order valence-electron chi connectivity index (χ1n) is 3.52. The zero-order valence-corrected chi connectivity index (χ0v) is 9.72. The molecule has 12 heavy (non-hydrogen) atoms. The van der Waals surface area contributed by atoms with E-state index in [-0.39, 0.29) is 5.78 Å². The molecule has 0 unspecified atom stereocenters. The maximum absolute atomic E-state index is 10.7. The second kappa shape index (κ2) is 4.40. The summed E-state index contributed by atoms with van der Waals surface area (Å²) in [5.74, 6) is 0.218. The van der Waals surface area contributed by atoms with Crippen LogP contribution in [0.2, 0.25) is 4.34 Å². The minimum atomic E-state index is 0.218. The molecule has 1 aromatic rings. The predicted molar refractivity (Wildman–Crippen MR) is 56.0 cm³/mol. The van der Waals surface area contributed by atoms with Gasteiger partial charge in [-0.15, -0.1) is 11.3 Å². The van der Waals surface area contributed by atoms with E-state index in [0.29, 0.717) is 6.42 Å². The van der Waals surface area contributed by atoms with Crippen molar-refractivity contribution in [1.29, 1.82) is 0 Å². The molecule has 0 spiro atoms. The molecule has 1 aromatic heterocycles. The van der Waals surface area contributed by atoms with Crippen molar-refractivity contribution in [1.82, 2.24) is 0 Å². The molecule has 1 nitrogen and oxygen atoms in total. The monoisotopic (exact) mass is 266 g/mol. The van der Waals surface area contributed by atoms with Gasteiger partial charge in [0, 0.05) is 15.8 Å². The smallest absolute Gasteiger partial charge is 0.130 e. The van der Waals surface area contributed by atoms with E-state index in [1.807, 2.05) is 6.07 Å². The molecule has 0 aliphatic rings. The highest BCUT2D eigenvalue weighted by Crippen LogP contribution is 2.32. The molecular formula is C8H8BrClOS. The van der Waals surface area contributed by atoms with Gasteiger partial charge >= 0.3 is 0 Å². The Morgan fingerprint density at radius 3 is 2.83 bits per heavy atom. The van der Waals surface area contributed by atoms with Crippen molar-refractivity contribution >= 4 is 44.7 Å². The first-order chi connectivity index (χ1) is 5.59. The minimum absolute atomic E-state index is 0.218. The van der Waals surface area contributed by atoms with Crippen molar-refractivity contribution in [3.63, 3.8) is 0 Å². The molecular weight excluding hydrogens is 260 g/mol. The number of carbonyl (C=O) groups is 1. The van der Waals surface area contributed by atoms with Crippen molar-refractivity contribution in [3.8, 4) is 0 Å². The average molecular weight is 268 g/mol. The third-order valence-electron chi connectivity index (χ3n) is 1.42. The van der Waals surface area contributed by atoms with Gasteiger partial charge in [-0.25, -0.2) is 0 Å². The quantitative estimate of drug-likeness (QED) is 0.816. The Balaban J connectivity index is 2.58. The number of halogens is 2. The Kier molecular flexibility index (Phi) is 3.75. The van der Waals surface area contributed by atoms with Gasteiger partial charge in [-0.1, -0.05) is 11.6 Å². The second-order valence-corrected chi connectivity index (χ2v) is 5.13. The molecule has 0 fully saturated rings. The van der Waals surface area contributed by atoms with E-state index < -0.39 is 0 Å². The largest absolute Gasteiger partial charge is 0.300 e. The summed E-state index contributed by atoms with van der Waals surface area (Å²) in [6, 6.07) is 1.97. The summed E-state index contributed by atoms with van der Waals surface area (Å²) >= 11 is 10.7. The van der Waals surface area contributed by atoms with Crippen molar-refractivity contribution in [3.05, 3.63) is 19.8 Å². The summed E-state index contributed by atoms with van der Waals surface area (Å²) in [5.41, 5.74) is 0. The molecule has 66 valence electrons. The molecule has 0 aliphatic carbocycles. The summed E-state index contributed by atoms with van der Waals surface area (Å²) in [6.07, 6.45) is 1.40. The van der Waals surface area contributed by atoms with Gasteiger partial charge in [0.25, 0.3) is 0 Å². The van der Waals surface area contributed by atoms with E-state index in [0.717, 1.165) is 20.1 Å². The number of thiophene rings is 1. The van der Waals surface area contributed by atoms with Gasteiger partial charge in [0.05, 0.1) is 0 Å². The number of carbonyl (C=O) groups excluding carboxylic acids is 1. The highest BCUT2D eigenvalue weighted by molar-refractivity contribution is 9.10. The molecule has 4 heteroatoms. The van der Waals surface area contributed by atoms with Crippen LogP contribution in [0.1, 0.15) is 18.2 Å². The topological polar surface area (TPSA) is 17.1 Å². The van der Waals surface area contributed by atoms with E-state index >= 15 is 0 Å². The Morgan fingerprint density at radius 1 is 1.75 bits per heavy atom. The molecule has 0 saturated carbocycles. The fraction of sp³-hybridized carbons (Fsp3) is 0.375. The normalized spacial score (nSPS) is 10.2. The number of hydrogen-bond donors (Lipinski definition) is 0. The number of ketones is 1. The number of hydrogen-bond acceptors (Lipinski definition) is 2. The number of Topliss-reactive ketones (excluding diaryl/α,β-unsaturated/α-hetero) is 1. The lowest BCUT2D eigenvalue weighted by Crippen LogP contribution is -1.91.